The molecule has 2 atom stereocenters. The van der Waals surface area contributed by atoms with E-state index >= 15 is 0 Å². The number of piperidine rings is 1. The second-order valence-electron chi connectivity index (χ2n) is 4.90. The first-order chi connectivity index (χ1) is 8.29. The number of cyclic esters (lactones) is 1. The third-order valence-corrected chi connectivity index (χ3v) is 3.48. The summed E-state index contributed by atoms with van der Waals surface area (Å²) in [4.78, 5) is 13.5. The van der Waals surface area contributed by atoms with E-state index in [4.69, 9.17) is 4.74 Å². The van der Waals surface area contributed by atoms with Crippen LogP contribution in [0.1, 0.15) is 26.2 Å². The quantitative estimate of drug-likeness (QED) is 0.738. The van der Waals surface area contributed by atoms with Crippen LogP contribution in [0.15, 0.2) is 0 Å². The van der Waals surface area contributed by atoms with Gasteiger partial charge in [-0.25, -0.2) is 4.79 Å². The van der Waals surface area contributed by atoms with Crippen molar-refractivity contribution in [3.8, 4) is 0 Å². The van der Waals surface area contributed by atoms with Crippen LogP contribution in [0.2, 0.25) is 0 Å². The molecule has 2 unspecified atom stereocenters. The molecule has 5 nitrogen and oxygen atoms in total. The molecule has 2 aliphatic rings. The Balaban J connectivity index is 1.84. The van der Waals surface area contributed by atoms with Crippen LogP contribution < -0.4 is 10.6 Å². The third-order valence-electron chi connectivity index (χ3n) is 3.48. The van der Waals surface area contributed by atoms with Crippen LogP contribution in [0.25, 0.3) is 0 Å². The standard InChI is InChI=1S/C12H23N3O2/c1-2-6-15(10-4-3-5-13-7-10)9-11-8-14-12(16)17-11/h10-11,13H,2-9H2,1H3,(H,14,16). The average molecular weight is 241 g/mol. The molecule has 2 rings (SSSR count). The molecular weight excluding hydrogens is 218 g/mol. The van der Waals surface area contributed by atoms with Gasteiger partial charge >= 0.3 is 6.09 Å². The van der Waals surface area contributed by atoms with Gasteiger partial charge in [-0.15, -0.1) is 0 Å². The Hall–Kier alpha value is -0.810. The first kappa shape index (κ1) is 12.6. The van der Waals surface area contributed by atoms with Crippen LogP contribution in [0.5, 0.6) is 0 Å². The summed E-state index contributed by atoms with van der Waals surface area (Å²) in [5, 5.41) is 6.16. The molecule has 2 fully saturated rings. The van der Waals surface area contributed by atoms with Gasteiger partial charge in [-0.3, -0.25) is 4.90 Å². The SMILES string of the molecule is CCCN(CC1CNC(=O)O1)C1CCCNC1. The molecule has 5 heteroatoms. The van der Waals surface area contributed by atoms with Crippen molar-refractivity contribution < 1.29 is 9.53 Å². The van der Waals surface area contributed by atoms with Crippen LogP contribution in [-0.2, 0) is 4.74 Å². The number of hydrogen-bond donors (Lipinski definition) is 2. The number of rotatable bonds is 5. The number of hydrogen-bond acceptors (Lipinski definition) is 4. The molecule has 2 aliphatic heterocycles. The van der Waals surface area contributed by atoms with E-state index in [1.807, 2.05) is 0 Å². The number of carbonyl (C=O) groups excluding carboxylic acids is 1. The zero-order valence-corrected chi connectivity index (χ0v) is 10.6. The first-order valence-corrected chi connectivity index (χ1v) is 6.69. The summed E-state index contributed by atoms with van der Waals surface area (Å²) in [6.45, 7) is 6.99. The van der Waals surface area contributed by atoms with Gasteiger partial charge in [0.25, 0.3) is 0 Å². The Morgan fingerprint density at radius 2 is 2.35 bits per heavy atom. The molecule has 0 bridgehead atoms. The van der Waals surface area contributed by atoms with Gasteiger partial charge in [0, 0.05) is 19.1 Å². The molecule has 0 radical (unpaired) electrons. The molecule has 98 valence electrons. The van der Waals surface area contributed by atoms with Crippen LogP contribution in [0, 0.1) is 0 Å². The van der Waals surface area contributed by atoms with E-state index in [-0.39, 0.29) is 12.2 Å². The molecule has 2 heterocycles. The van der Waals surface area contributed by atoms with E-state index in [9.17, 15) is 4.79 Å². The molecular formula is C12H23N3O2. The zero-order chi connectivity index (χ0) is 12.1. The lowest BCUT2D eigenvalue weighted by Gasteiger charge is -2.35. The van der Waals surface area contributed by atoms with E-state index in [1.165, 1.54) is 12.8 Å². The molecule has 0 aromatic heterocycles. The maximum atomic E-state index is 11.0. The Morgan fingerprint density at radius 3 is 2.94 bits per heavy atom. The number of carbonyl (C=O) groups is 1. The second kappa shape index (κ2) is 6.21. The number of alkyl carbamates (subject to hydrolysis) is 1. The van der Waals surface area contributed by atoms with Gasteiger partial charge in [-0.2, -0.15) is 0 Å². The highest BCUT2D eigenvalue weighted by atomic mass is 16.6. The van der Waals surface area contributed by atoms with Gasteiger partial charge in [0.15, 0.2) is 0 Å². The second-order valence-corrected chi connectivity index (χ2v) is 4.90. The van der Waals surface area contributed by atoms with Crippen molar-refractivity contribution in [3.05, 3.63) is 0 Å². The van der Waals surface area contributed by atoms with Gasteiger partial charge < -0.3 is 15.4 Å². The highest BCUT2D eigenvalue weighted by Crippen LogP contribution is 2.13. The van der Waals surface area contributed by atoms with Gasteiger partial charge in [0.1, 0.15) is 6.10 Å². The number of nitrogens with one attached hydrogen (secondary N) is 2. The fourth-order valence-electron chi connectivity index (χ4n) is 2.65. The Labute approximate surface area is 103 Å². The highest BCUT2D eigenvalue weighted by molar-refractivity contribution is 5.69. The first-order valence-electron chi connectivity index (χ1n) is 6.69. The smallest absolute Gasteiger partial charge is 0.407 e. The maximum absolute atomic E-state index is 11.0. The van der Waals surface area contributed by atoms with Crippen molar-refractivity contribution >= 4 is 6.09 Å². The molecule has 0 spiro atoms. The predicted molar refractivity (Wildman–Crippen MR) is 66.0 cm³/mol. The van der Waals surface area contributed by atoms with Crippen molar-refractivity contribution in [2.24, 2.45) is 0 Å². The minimum absolute atomic E-state index is 0.0241. The van der Waals surface area contributed by atoms with Crippen molar-refractivity contribution in [3.63, 3.8) is 0 Å². The van der Waals surface area contributed by atoms with E-state index in [0.29, 0.717) is 12.6 Å². The number of ether oxygens (including phenoxy) is 1. The fourth-order valence-corrected chi connectivity index (χ4v) is 2.65. The van der Waals surface area contributed by atoms with E-state index in [0.717, 1.165) is 32.6 Å². The summed E-state index contributed by atoms with van der Waals surface area (Å²) in [5.74, 6) is 0. The Morgan fingerprint density at radius 1 is 1.47 bits per heavy atom. The minimum Gasteiger partial charge on any atom is -0.443 e. The number of nitrogens with zero attached hydrogens (tertiary/aromatic N) is 1. The maximum Gasteiger partial charge on any atom is 0.407 e. The lowest BCUT2D eigenvalue weighted by molar-refractivity contribution is 0.0815. The Bertz CT molecular complexity index is 254. The largest absolute Gasteiger partial charge is 0.443 e. The van der Waals surface area contributed by atoms with Crippen LogP contribution in [0.3, 0.4) is 0 Å². The molecule has 0 aromatic rings. The van der Waals surface area contributed by atoms with Gasteiger partial charge in [0.2, 0.25) is 0 Å². The van der Waals surface area contributed by atoms with Crippen LogP contribution in [-0.4, -0.2) is 55.9 Å². The summed E-state index contributed by atoms with van der Waals surface area (Å²) in [6, 6.07) is 0.600. The summed E-state index contributed by atoms with van der Waals surface area (Å²) in [5.41, 5.74) is 0. The third kappa shape index (κ3) is 3.57. The van der Waals surface area contributed by atoms with E-state index in [1.54, 1.807) is 0 Å². The molecule has 0 saturated carbocycles. The van der Waals surface area contributed by atoms with Crippen LogP contribution >= 0.6 is 0 Å². The zero-order valence-electron chi connectivity index (χ0n) is 10.6. The van der Waals surface area contributed by atoms with Gasteiger partial charge in [-0.1, -0.05) is 6.92 Å². The molecule has 2 saturated heterocycles. The normalized spacial score (nSPS) is 29.2. The lowest BCUT2D eigenvalue weighted by Crippen LogP contribution is -2.49. The predicted octanol–water partition coefficient (Wildman–Crippen LogP) is 0.559. The average Bonchev–Trinajstić information content (AvgIpc) is 2.75. The topological polar surface area (TPSA) is 53.6 Å². The highest BCUT2D eigenvalue weighted by Gasteiger charge is 2.28. The van der Waals surface area contributed by atoms with Crippen molar-refractivity contribution in [1.82, 2.24) is 15.5 Å². The minimum atomic E-state index is -0.270. The lowest BCUT2D eigenvalue weighted by atomic mass is 10.0. The molecule has 17 heavy (non-hydrogen) atoms. The molecule has 0 aromatic carbocycles. The molecule has 0 aliphatic carbocycles. The van der Waals surface area contributed by atoms with Crippen molar-refractivity contribution in [2.45, 2.75) is 38.3 Å². The van der Waals surface area contributed by atoms with Gasteiger partial charge in [0.05, 0.1) is 6.54 Å². The van der Waals surface area contributed by atoms with Crippen molar-refractivity contribution in [2.75, 3.05) is 32.7 Å². The summed E-state index contributed by atoms with van der Waals surface area (Å²) in [6.07, 6.45) is 3.39. The summed E-state index contributed by atoms with van der Waals surface area (Å²) >= 11 is 0. The molecule has 2 N–H and O–H groups in total. The summed E-state index contributed by atoms with van der Waals surface area (Å²) < 4.78 is 5.22. The van der Waals surface area contributed by atoms with Crippen molar-refractivity contribution in [1.29, 1.82) is 0 Å². The van der Waals surface area contributed by atoms with Crippen LogP contribution in [0.4, 0.5) is 4.79 Å². The van der Waals surface area contributed by atoms with E-state index in [2.05, 4.69) is 22.5 Å². The monoisotopic (exact) mass is 241 g/mol. The fraction of sp³-hybridized carbons (Fsp3) is 0.917. The molecule has 1 amide bonds. The van der Waals surface area contributed by atoms with Gasteiger partial charge in [-0.05, 0) is 32.4 Å². The Kier molecular flexibility index (Phi) is 4.62. The number of amides is 1. The summed E-state index contributed by atoms with van der Waals surface area (Å²) in [7, 11) is 0. The van der Waals surface area contributed by atoms with E-state index < -0.39 is 0 Å².